The zero-order chi connectivity index (χ0) is 32.3. The molecule has 0 saturated carbocycles. The van der Waals surface area contributed by atoms with Crippen LogP contribution in [0.3, 0.4) is 0 Å². The van der Waals surface area contributed by atoms with E-state index in [4.69, 9.17) is 9.16 Å². The number of carbonyl (C=O) groups excluding carboxylic acids is 1. The van der Waals surface area contributed by atoms with Crippen molar-refractivity contribution in [3.8, 4) is 0 Å². The van der Waals surface area contributed by atoms with Crippen LogP contribution in [-0.2, 0) is 14.0 Å². The Bertz CT molecular complexity index is 1220. The SMILES string of the molecule is CCCCCCCCC(/C=C/c1cccc(C(CCCCO)OC(C)=O)c1)O[SiH2]C(C)(C)C(c1ccccc1)c1ccccc1. The van der Waals surface area contributed by atoms with Crippen LogP contribution >= 0.6 is 0 Å². The topological polar surface area (TPSA) is 55.8 Å². The first-order chi connectivity index (χ1) is 21.8. The van der Waals surface area contributed by atoms with Gasteiger partial charge in [-0.05, 0) is 59.0 Å². The van der Waals surface area contributed by atoms with Crippen LogP contribution in [0.25, 0.3) is 6.08 Å². The second-order valence-corrected chi connectivity index (χ2v) is 15.4. The van der Waals surface area contributed by atoms with E-state index in [2.05, 4.69) is 106 Å². The Morgan fingerprint density at radius 1 is 0.800 bits per heavy atom. The Morgan fingerprint density at radius 2 is 1.40 bits per heavy atom. The van der Waals surface area contributed by atoms with Gasteiger partial charge in [-0.1, -0.05) is 150 Å². The maximum absolute atomic E-state index is 11.8. The van der Waals surface area contributed by atoms with Crippen LogP contribution in [0.1, 0.15) is 126 Å². The number of esters is 1. The molecule has 4 nitrogen and oxygen atoms in total. The lowest BCUT2D eigenvalue weighted by atomic mass is 9.82. The van der Waals surface area contributed by atoms with E-state index in [-0.39, 0.29) is 35.7 Å². The fourth-order valence-electron chi connectivity index (χ4n) is 6.17. The minimum absolute atomic E-state index is 0.00165. The molecule has 1 N–H and O–H groups in total. The van der Waals surface area contributed by atoms with Gasteiger partial charge >= 0.3 is 5.97 Å². The number of carbonyl (C=O) groups is 1. The second kappa shape index (κ2) is 20.2. The third-order valence-corrected chi connectivity index (χ3v) is 10.3. The van der Waals surface area contributed by atoms with Gasteiger partial charge < -0.3 is 14.3 Å². The van der Waals surface area contributed by atoms with Crippen LogP contribution in [0.4, 0.5) is 0 Å². The van der Waals surface area contributed by atoms with Crippen molar-refractivity contribution in [2.24, 2.45) is 0 Å². The molecule has 0 heterocycles. The third kappa shape index (κ3) is 13.1. The quantitative estimate of drug-likeness (QED) is 0.0725. The second-order valence-electron chi connectivity index (χ2n) is 13.0. The molecule has 3 aromatic rings. The molecule has 0 amide bonds. The summed E-state index contributed by atoms with van der Waals surface area (Å²) in [6.07, 6.45) is 15.0. The lowest BCUT2D eigenvalue weighted by Crippen LogP contribution is -2.28. The summed E-state index contributed by atoms with van der Waals surface area (Å²) in [5, 5.41) is 9.23. The van der Waals surface area contributed by atoms with Gasteiger partial charge in [0.05, 0.1) is 6.10 Å². The summed E-state index contributed by atoms with van der Waals surface area (Å²) in [4.78, 5) is 11.8. The van der Waals surface area contributed by atoms with Crippen LogP contribution in [0.2, 0.25) is 5.04 Å². The number of aliphatic hydroxyl groups is 1. The van der Waals surface area contributed by atoms with Crippen molar-refractivity contribution in [1.82, 2.24) is 0 Å². The largest absolute Gasteiger partial charge is 0.458 e. The van der Waals surface area contributed by atoms with Crippen molar-refractivity contribution in [1.29, 1.82) is 0 Å². The number of hydrogen-bond donors (Lipinski definition) is 1. The number of rotatable bonds is 21. The molecule has 2 atom stereocenters. The molecule has 0 spiro atoms. The minimum atomic E-state index is -0.966. The number of hydrogen-bond acceptors (Lipinski definition) is 4. The average Bonchev–Trinajstić information content (AvgIpc) is 3.04. The van der Waals surface area contributed by atoms with Crippen molar-refractivity contribution in [3.63, 3.8) is 0 Å². The van der Waals surface area contributed by atoms with Gasteiger partial charge in [-0.2, -0.15) is 0 Å². The molecule has 0 fully saturated rings. The summed E-state index contributed by atoms with van der Waals surface area (Å²) < 4.78 is 12.6. The number of unbranched alkanes of at least 4 members (excludes halogenated alkanes) is 6. The van der Waals surface area contributed by atoms with E-state index in [1.165, 1.54) is 50.2 Å². The highest BCUT2D eigenvalue weighted by atomic mass is 28.2. The fourth-order valence-corrected chi connectivity index (χ4v) is 7.73. The van der Waals surface area contributed by atoms with Crippen LogP contribution in [0.15, 0.2) is 91.0 Å². The lowest BCUT2D eigenvalue weighted by Gasteiger charge is -2.35. The normalized spacial score (nSPS) is 13.6. The summed E-state index contributed by atoms with van der Waals surface area (Å²) in [6, 6.07) is 30.0. The van der Waals surface area contributed by atoms with E-state index in [0.29, 0.717) is 12.8 Å². The molecule has 0 bridgehead atoms. The van der Waals surface area contributed by atoms with Crippen LogP contribution < -0.4 is 0 Å². The Morgan fingerprint density at radius 3 is 2.02 bits per heavy atom. The van der Waals surface area contributed by atoms with Gasteiger partial charge in [-0.15, -0.1) is 0 Å². The Hall–Kier alpha value is -2.99. The molecule has 0 aliphatic heterocycles. The number of benzene rings is 3. The zero-order valence-corrected chi connectivity index (χ0v) is 29.5. The molecule has 244 valence electrons. The summed E-state index contributed by atoms with van der Waals surface area (Å²) in [7, 11) is -0.966. The van der Waals surface area contributed by atoms with Gasteiger partial charge in [-0.3, -0.25) is 4.79 Å². The molecular formula is C40H56O4Si. The highest BCUT2D eigenvalue weighted by molar-refractivity contribution is 6.32. The minimum Gasteiger partial charge on any atom is -0.458 e. The standard InChI is InChI=1S/C40H56O4Si/c1-5-6-7-8-9-16-26-37(29-28-33-20-19-25-36(31-33)38(43-32(2)42)27-17-18-30-41)44-45-40(3,4)39(34-21-12-10-13-22-34)35-23-14-11-15-24-35/h10-15,19-25,28-29,31,37-39,41H,5-9,16-18,26-27,30,45H2,1-4H3/b29-28+. The van der Waals surface area contributed by atoms with E-state index in [1.54, 1.807) is 0 Å². The van der Waals surface area contributed by atoms with Gasteiger partial charge in [-0.25, -0.2) is 0 Å². The molecule has 0 aromatic heterocycles. The van der Waals surface area contributed by atoms with Crippen molar-refractivity contribution >= 4 is 21.8 Å². The lowest BCUT2D eigenvalue weighted by molar-refractivity contribution is -0.147. The Kier molecular flexibility index (Phi) is 16.4. The molecular weight excluding hydrogens is 573 g/mol. The summed E-state index contributed by atoms with van der Waals surface area (Å²) in [5.41, 5.74) is 4.75. The summed E-state index contributed by atoms with van der Waals surface area (Å²) in [6.45, 7) is 8.62. The zero-order valence-electron chi connectivity index (χ0n) is 28.1. The van der Waals surface area contributed by atoms with Gasteiger partial charge in [0.15, 0.2) is 9.76 Å². The predicted molar refractivity (Wildman–Crippen MR) is 191 cm³/mol. The van der Waals surface area contributed by atoms with E-state index >= 15 is 0 Å². The molecule has 3 aromatic carbocycles. The molecule has 0 radical (unpaired) electrons. The molecule has 5 heteroatoms. The van der Waals surface area contributed by atoms with Gasteiger partial charge in [0.1, 0.15) is 6.10 Å². The molecule has 0 saturated heterocycles. The molecule has 0 aliphatic rings. The summed E-state index contributed by atoms with van der Waals surface area (Å²) in [5.74, 6) is -0.0137. The Labute approximate surface area is 275 Å². The van der Waals surface area contributed by atoms with Crippen LogP contribution in [-0.4, -0.2) is 33.5 Å². The monoisotopic (exact) mass is 628 g/mol. The first-order valence-electron chi connectivity index (χ1n) is 17.1. The molecule has 3 rings (SSSR count). The van der Waals surface area contributed by atoms with Gasteiger partial charge in [0, 0.05) is 19.4 Å². The fraction of sp³-hybridized carbons (Fsp3) is 0.475. The van der Waals surface area contributed by atoms with E-state index in [0.717, 1.165) is 30.4 Å². The Balaban J connectivity index is 1.78. The van der Waals surface area contributed by atoms with E-state index < -0.39 is 9.76 Å². The van der Waals surface area contributed by atoms with Crippen molar-refractivity contribution < 1.29 is 19.1 Å². The maximum Gasteiger partial charge on any atom is 0.303 e. The molecule has 45 heavy (non-hydrogen) atoms. The molecule has 2 unspecified atom stereocenters. The molecule has 0 aliphatic carbocycles. The maximum atomic E-state index is 11.8. The highest BCUT2D eigenvalue weighted by Crippen LogP contribution is 2.46. The van der Waals surface area contributed by atoms with Crippen LogP contribution in [0.5, 0.6) is 0 Å². The van der Waals surface area contributed by atoms with Crippen molar-refractivity contribution in [2.75, 3.05) is 6.61 Å². The first kappa shape index (κ1) is 36.5. The predicted octanol–water partition coefficient (Wildman–Crippen LogP) is 9.72. The summed E-state index contributed by atoms with van der Waals surface area (Å²) >= 11 is 0. The van der Waals surface area contributed by atoms with Crippen LogP contribution in [0, 0.1) is 0 Å². The first-order valence-corrected chi connectivity index (χ1v) is 18.4. The van der Waals surface area contributed by atoms with Gasteiger partial charge in [0.25, 0.3) is 0 Å². The number of aliphatic hydroxyl groups excluding tert-OH is 1. The van der Waals surface area contributed by atoms with Crippen molar-refractivity contribution in [3.05, 3.63) is 113 Å². The van der Waals surface area contributed by atoms with Crippen molar-refractivity contribution in [2.45, 2.75) is 115 Å². The third-order valence-electron chi connectivity index (χ3n) is 8.53. The smallest absolute Gasteiger partial charge is 0.303 e. The van der Waals surface area contributed by atoms with E-state index in [1.807, 2.05) is 12.1 Å². The van der Waals surface area contributed by atoms with E-state index in [9.17, 15) is 9.90 Å². The van der Waals surface area contributed by atoms with Gasteiger partial charge in [0.2, 0.25) is 0 Å². The average molecular weight is 629 g/mol. The number of ether oxygens (including phenoxy) is 1. The highest BCUT2D eigenvalue weighted by Gasteiger charge is 2.33.